The van der Waals surface area contributed by atoms with Crippen LogP contribution >= 0.6 is 0 Å². The van der Waals surface area contributed by atoms with Crippen molar-refractivity contribution in [2.75, 3.05) is 13.1 Å². The molecule has 0 radical (unpaired) electrons. The molecule has 0 heterocycles. The van der Waals surface area contributed by atoms with E-state index in [1.54, 1.807) is 0 Å². The Bertz CT molecular complexity index is 699. The van der Waals surface area contributed by atoms with Crippen LogP contribution in [-0.2, 0) is 0 Å². The van der Waals surface area contributed by atoms with E-state index in [0.717, 1.165) is 47.8 Å². The molecule has 27 heavy (non-hydrogen) atoms. The number of benzene rings is 2. The van der Waals surface area contributed by atoms with Gasteiger partial charge in [-0.1, -0.05) is 88.8 Å². The molecule has 3 nitrogen and oxygen atoms in total. The highest BCUT2D eigenvalue weighted by Gasteiger charge is 2.16. The maximum atomic E-state index is 13.1. The number of hydrogen-bond acceptors (Lipinski definition) is 2. The maximum absolute atomic E-state index is 13.1. The molecule has 0 aliphatic heterocycles. The van der Waals surface area contributed by atoms with Gasteiger partial charge in [0.1, 0.15) is 0 Å². The van der Waals surface area contributed by atoms with E-state index in [0.29, 0.717) is 0 Å². The average molecular weight is 369 g/mol. The van der Waals surface area contributed by atoms with Crippen molar-refractivity contribution in [3.05, 3.63) is 47.5 Å². The first-order chi connectivity index (χ1) is 13.2. The van der Waals surface area contributed by atoms with E-state index in [2.05, 4.69) is 36.4 Å². The zero-order valence-corrected chi connectivity index (χ0v) is 17.4. The van der Waals surface area contributed by atoms with Crippen LogP contribution in [0.15, 0.2) is 36.4 Å². The zero-order chi connectivity index (χ0) is 19.5. The molecule has 2 aromatic carbocycles. The molecule has 0 aliphatic carbocycles. The Morgan fingerprint density at radius 1 is 0.852 bits per heavy atom. The Kier molecular flexibility index (Phi) is 9.34. The van der Waals surface area contributed by atoms with Crippen LogP contribution < -0.4 is 5.43 Å². The van der Waals surface area contributed by atoms with Gasteiger partial charge in [-0.05, 0) is 36.1 Å². The highest BCUT2D eigenvalue weighted by molar-refractivity contribution is 6.08. The number of nitrogens with zero attached hydrogens (tertiary/aromatic N) is 1. The van der Waals surface area contributed by atoms with Crippen LogP contribution in [0, 0.1) is 6.92 Å². The van der Waals surface area contributed by atoms with E-state index in [1.165, 1.54) is 38.5 Å². The lowest BCUT2D eigenvalue weighted by atomic mass is 9.99. The van der Waals surface area contributed by atoms with E-state index in [9.17, 15) is 4.79 Å². The number of aryl methyl sites for hydroxylation is 1. The predicted octanol–water partition coefficient (Wildman–Crippen LogP) is 6.26. The number of carbonyl (C=O) groups excluding carboxylic acids is 1. The minimum atomic E-state index is 0.0234. The number of amides is 1. The van der Waals surface area contributed by atoms with Crippen molar-refractivity contribution in [3.8, 4) is 0 Å². The molecule has 0 spiro atoms. The van der Waals surface area contributed by atoms with Gasteiger partial charge in [-0.15, -0.1) is 0 Å². The molecule has 1 amide bonds. The molecular formula is C24H36N2O. The minimum Gasteiger partial charge on any atom is -0.285 e. The van der Waals surface area contributed by atoms with Crippen molar-refractivity contribution < 1.29 is 4.79 Å². The molecule has 1 N–H and O–H groups in total. The number of carbonyl (C=O) groups is 1. The van der Waals surface area contributed by atoms with Gasteiger partial charge in [0.15, 0.2) is 0 Å². The van der Waals surface area contributed by atoms with E-state index >= 15 is 0 Å². The highest BCUT2D eigenvalue weighted by atomic mass is 16.2. The second-order valence-corrected chi connectivity index (χ2v) is 7.53. The quantitative estimate of drug-likeness (QED) is 0.354. The molecule has 0 bridgehead atoms. The molecule has 0 unspecified atom stereocenters. The average Bonchev–Trinajstić information content (AvgIpc) is 2.68. The summed E-state index contributed by atoms with van der Waals surface area (Å²) in [5.41, 5.74) is 5.05. The van der Waals surface area contributed by atoms with Crippen LogP contribution in [0.3, 0.4) is 0 Å². The molecule has 0 saturated carbocycles. The van der Waals surface area contributed by atoms with Crippen LogP contribution in [0.4, 0.5) is 0 Å². The fraction of sp³-hybridized carbons (Fsp3) is 0.542. The lowest BCUT2D eigenvalue weighted by Gasteiger charge is -2.24. The molecule has 3 heteroatoms. The monoisotopic (exact) mass is 368 g/mol. The van der Waals surface area contributed by atoms with Gasteiger partial charge in [0.25, 0.3) is 5.91 Å². The largest absolute Gasteiger partial charge is 0.285 e. The molecule has 2 aromatic rings. The fourth-order valence-corrected chi connectivity index (χ4v) is 3.56. The van der Waals surface area contributed by atoms with Gasteiger partial charge in [-0.2, -0.15) is 0 Å². The third kappa shape index (κ3) is 6.66. The first kappa shape index (κ1) is 21.4. The topological polar surface area (TPSA) is 32.3 Å². The van der Waals surface area contributed by atoms with Crippen LogP contribution in [0.1, 0.15) is 81.1 Å². The van der Waals surface area contributed by atoms with Crippen LogP contribution in [0.5, 0.6) is 0 Å². The van der Waals surface area contributed by atoms with Gasteiger partial charge in [-0.3, -0.25) is 10.2 Å². The number of unbranched alkanes of at least 4 members (excludes halogenated alkanes) is 6. The van der Waals surface area contributed by atoms with Crippen molar-refractivity contribution in [1.82, 2.24) is 10.4 Å². The number of rotatable bonds is 12. The predicted molar refractivity (Wildman–Crippen MR) is 116 cm³/mol. The summed E-state index contributed by atoms with van der Waals surface area (Å²) < 4.78 is 0. The summed E-state index contributed by atoms with van der Waals surface area (Å²) in [5.74, 6) is 0.0234. The Hall–Kier alpha value is -1.87. The Morgan fingerprint density at radius 2 is 1.48 bits per heavy atom. The summed E-state index contributed by atoms with van der Waals surface area (Å²) in [6.07, 6.45) is 9.72. The molecule has 0 saturated heterocycles. The first-order valence-electron chi connectivity index (χ1n) is 10.7. The summed E-state index contributed by atoms with van der Waals surface area (Å²) in [6, 6.07) is 12.3. The number of hydrogen-bond donors (Lipinski definition) is 1. The van der Waals surface area contributed by atoms with Gasteiger partial charge in [0.05, 0.1) is 5.56 Å². The number of fused-ring (bicyclic) bond motifs is 1. The SMILES string of the molecule is CCCCCCN(CCCCCC)NC(=O)c1c(C)ccc2ccccc12. The molecule has 0 fully saturated rings. The fourth-order valence-electron chi connectivity index (χ4n) is 3.56. The summed E-state index contributed by atoms with van der Waals surface area (Å²) in [5, 5.41) is 4.30. The van der Waals surface area contributed by atoms with Gasteiger partial charge >= 0.3 is 0 Å². The second kappa shape index (κ2) is 11.8. The maximum Gasteiger partial charge on any atom is 0.266 e. The van der Waals surface area contributed by atoms with Crippen molar-refractivity contribution in [1.29, 1.82) is 0 Å². The lowest BCUT2D eigenvalue weighted by Crippen LogP contribution is -2.43. The zero-order valence-electron chi connectivity index (χ0n) is 17.4. The first-order valence-corrected chi connectivity index (χ1v) is 10.7. The third-order valence-corrected chi connectivity index (χ3v) is 5.19. The second-order valence-electron chi connectivity index (χ2n) is 7.53. The van der Waals surface area contributed by atoms with Gasteiger partial charge in [-0.25, -0.2) is 5.01 Å². The minimum absolute atomic E-state index is 0.0234. The standard InChI is InChI=1S/C24H36N2O/c1-4-6-8-12-18-26(19-13-9-7-5-2)25-24(27)23-20(3)16-17-21-14-10-11-15-22(21)23/h10-11,14-17H,4-9,12-13,18-19H2,1-3H3,(H,25,27). The van der Waals surface area contributed by atoms with Crippen LogP contribution in [-0.4, -0.2) is 24.0 Å². The van der Waals surface area contributed by atoms with Crippen molar-refractivity contribution in [2.45, 2.75) is 72.1 Å². The smallest absolute Gasteiger partial charge is 0.266 e. The van der Waals surface area contributed by atoms with Crippen molar-refractivity contribution in [2.24, 2.45) is 0 Å². The molecular weight excluding hydrogens is 332 g/mol. The van der Waals surface area contributed by atoms with Gasteiger partial charge in [0.2, 0.25) is 0 Å². The molecule has 0 atom stereocenters. The van der Waals surface area contributed by atoms with Crippen molar-refractivity contribution in [3.63, 3.8) is 0 Å². The summed E-state index contributed by atoms with van der Waals surface area (Å²) in [6.45, 7) is 8.35. The third-order valence-electron chi connectivity index (χ3n) is 5.19. The van der Waals surface area contributed by atoms with Crippen LogP contribution in [0.25, 0.3) is 10.8 Å². The Labute approximate surface area is 165 Å². The summed E-state index contributed by atoms with van der Waals surface area (Å²) >= 11 is 0. The molecule has 148 valence electrons. The normalized spacial score (nSPS) is 11.3. The molecule has 0 aromatic heterocycles. The molecule has 0 aliphatic rings. The molecule has 2 rings (SSSR count). The van der Waals surface area contributed by atoms with Crippen molar-refractivity contribution >= 4 is 16.7 Å². The van der Waals surface area contributed by atoms with Crippen LogP contribution in [0.2, 0.25) is 0 Å². The lowest BCUT2D eigenvalue weighted by molar-refractivity contribution is 0.0781. The highest BCUT2D eigenvalue weighted by Crippen LogP contribution is 2.22. The van der Waals surface area contributed by atoms with Gasteiger partial charge < -0.3 is 0 Å². The number of nitrogens with one attached hydrogen (secondary N) is 1. The Balaban J connectivity index is 2.08. The Morgan fingerprint density at radius 3 is 2.11 bits per heavy atom. The summed E-state index contributed by atoms with van der Waals surface area (Å²) in [7, 11) is 0. The van der Waals surface area contributed by atoms with E-state index in [-0.39, 0.29) is 5.91 Å². The van der Waals surface area contributed by atoms with E-state index in [1.807, 2.05) is 31.2 Å². The van der Waals surface area contributed by atoms with E-state index in [4.69, 9.17) is 0 Å². The number of hydrazine groups is 1. The van der Waals surface area contributed by atoms with E-state index < -0.39 is 0 Å². The summed E-state index contributed by atoms with van der Waals surface area (Å²) in [4.78, 5) is 13.1. The van der Waals surface area contributed by atoms with Gasteiger partial charge in [0, 0.05) is 13.1 Å².